The number of hydrogen-bond donors (Lipinski definition) is 3. The average Bonchev–Trinajstić information content (AvgIpc) is 2.68. The fourth-order valence-corrected chi connectivity index (χ4v) is 3.73. The summed E-state index contributed by atoms with van der Waals surface area (Å²) in [6, 6.07) is 13.5. The second kappa shape index (κ2) is 7.05. The van der Waals surface area contributed by atoms with E-state index >= 15 is 0 Å². The Bertz CT molecular complexity index is 917. The van der Waals surface area contributed by atoms with Crippen molar-refractivity contribution in [3.63, 3.8) is 0 Å². The largest absolute Gasteiger partial charge is 0.497 e. The molecule has 0 aromatic heterocycles. The lowest BCUT2D eigenvalue weighted by Crippen LogP contribution is -2.63. The van der Waals surface area contributed by atoms with E-state index in [1.54, 1.807) is 48.5 Å². The molecule has 0 bridgehead atoms. The monoisotopic (exact) mass is 386 g/mol. The van der Waals surface area contributed by atoms with Gasteiger partial charge in [0.2, 0.25) is 0 Å². The van der Waals surface area contributed by atoms with Crippen LogP contribution in [0.25, 0.3) is 0 Å². The van der Waals surface area contributed by atoms with Gasteiger partial charge in [0.05, 0.1) is 19.9 Å². The highest BCUT2D eigenvalue weighted by molar-refractivity contribution is 5.93. The molecule has 148 valence electrons. The summed E-state index contributed by atoms with van der Waals surface area (Å²) in [5, 5.41) is 24.5. The van der Waals surface area contributed by atoms with Crippen LogP contribution in [0, 0.1) is 0 Å². The van der Waals surface area contributed by atoms with Gasteiger partial charge in [-0.05, 0) is 25.1 Å². The number of methoxy groups -OCH3 is 1. The molecule has 2 unspecified atom stereocenters. The molecule has 0 radical (unpaired) electrons. The molecule has 0 saturated carbocycles. The number of carboxylic acid groups (broad SMARTS) is 2. The van der Waals surface area contributed by atoms with Gasteiger partial charge in [0.1, 0.15) is 5.75 Å². The fourth-order valence-electron chi connectivity index (χ4n) is 3.73. The molecule has 1 heterocycles. The van der Waals surface area contributed by atoms with Crippen LogP contribution in [-0.4, -0.2) is 41.9 Å². The van der Waals surface area contributed by atoms with E-state index in [2.05, 4.69) is 5.32 Å². The SMILES string of the molecule is COc1cccc(NC2(C(=O)O)CC(C)(C(=O)O)N(OC)c3ccccc32)c1. The summed E-state index contributed by atoms with van der Waals surface area (Å²) in [5.74, 6) is -1.83. The van der Waals surface area contributed by atoms with Crippen LogP contribution in [0.3, 0.4) is 0 Å². The first-order valence-electron chi connectivity index (χ1n) is 8.61. The standard InChI is InChI=1S/C20H22N2O6/c1-19(17(23)24)12-20(18(25)26,21-13-7-6-8-14(11-13)27-2)15-9-4-5-10-16(15)22(19)28-3/h4-11,21H,12H2,1-3H3,(H,23,24)(H,25,26). The molecule has 8 heteroatoms. The van der Waals surface area contributed by atoms with Crippen molar-refractivity contribution < 1.29 is 29.4 Å². The van der Waals surface area contributed by atoms with Gasteiger partial charge in [0.25, 0.3) is 0 Å². The Morgan fingerprint density at radius 3 is 2.39 bits per heavy atom. The molecule has 0 aliphatic carbocycles. The lowest BCUT2D eigenvalue weighted by molar-refractivity contribution is -0.151. The first-order valence-corrected chi connectivity index (χ1v) is 8.61. The van der Waals surface area contributed by atoms with Crippen molar-refractivity contribution in [2.24, 2.45) is 0 Å². The van der Waals surface area contributed by atoms with Crippen molar-refractivity contribution in [1.29, 1.82) is 0 Å². The van der Waals surface area contributed by atoms with Crippen LogP contribution in [0.4, 0.5) is 11.4 Å². The molecule has 0 saturated heterocycles. The van der Waals surface area contributed by atoms with Crippen LogP contribution in [0.2, 0.25) is 0 Å². The lowest BCUT2D eigenvalue weighted by atomic mass is 9.73. The van der Waals surface area contributed by atoms with Gasteiger partial charge in [-0.15, -0.1) is 0 Å². The number of rotatable bonds is 6. The molecule has 28 heavy (non-hydrogen) atoms. The zero-order valence-electron chi connectivity index (χ0n) is 15.8. The van der Waals surface area contributed by atoms with Gasteiger partial charge in [0, 0.05) is 23.7 Å². The van der Waals surface area contributed by atoms with E-state index in [-0.39, 0.29) is 6.42 Å². The minimum Gasteiger partial charge on any atom is -0.497 e. The second-order valence-corrected chi connectivity index (χ2v) is 6.82. The fraction of sp³-hybridized carbons (Fsp3) is 0.300. The predicted octanol–water partition coefficient (Wildman–Crippen LogP) is 2.70. The minimum absolute atomic E-state index is 0.271. The Balaban J connectivity index is 2.23. The van der Waals surface area contributed by atoms with Crippen LogP contribution < -0.4 is 15.1 Å². The zero-order valence-corrected chi connectivity index (χ0v) is 15.8. The van der Waals surface area contributed by atoms with Crippen molar-refractivity contribution >= 4 is 23.3 Å². The molecule has 8 nitrogen and oxygen atoms in total. The molecule has 2 atom stereocenters. The van der Waals surface area contributed by atoms with Crippen molar-refractivity contribution in [1.82, 2.24) is 0 Å². The summed E-state index contributed by atoms with van der Waals surface area (Å²) < 4.78 is 5.21. The Morgan fingerprint density at radius 1 is 1.07 bits per heavy atom. The number of para-hydroxylation sites is 1. The van der Waals surface area contributed by atoms with Crippen LogP contribution in [0.15, 0.2) is 48.5 Å². The van der Waals surface area contributed by atoms with Crippen LogP contribution in [0.5, 0.6) is 5.75 Å². The van der Waals surface area contributed by atoms with E-state index in [1.165, 1.54) is 26.2 Å². The van der Waals surface area contributed by atoms with Gasteiger partial charge >= 0.3 is 11.9 Å². The molecule has 1 aliphatic rings. The molecular weight excluding hydrogens is 364 g/mol. The topological polar surface area (TPSA) is 108 Å². The normalized spacial score (nSPS) is 23.6. The molecule has 3 N–H and O–H groups in total. The Kier molecular flexibility index (Phi) is 4.91. The smallest absolute Gasteiger partial charge is 0.334 e. The summed E-state index contributed by atoms with van der Waals surface area (Å²) in [6.45, 7) is 1.44. The number of carboxylic acids is 2. The number of nitrogens with one attached hydrogen (secondary N) is 1. The highest BCUT2D eigenvalue weighted by Gasteiger charge is 2.58. The van der Waals surface area contributed by atoms with Gasteiger partial charge in [-0.3, -0.25) is 4.84 Å². The zero-order chi connectivity index (χ0) is 20.5. The van der Waals surface area contributed by atoms with E-state index in [1.807, 2.05) is 0 Å². The summed E-state index contributed by atoms with van der Waals surface area (Å²) >= 11 is 0. The number of carbonyl (C=O) groups is 2. The quantitative estimate of drug-likeness (QED) is 0.695. The molecular formula is C20H22N2O6. The summed E-state index contributed by atoms with van der Waals surface area (Å²) in [7, 11) is 2.88. The van der Waals surface area contributed by atoms with Crippen molar-refractivity contribution in [2.75, 3.05) is 24.6 Å². The van der Waals surface area contributed by atoms with Gasteiger partial charge in [0.15, 0.2) is 11.1 Å². The molecule has 2 aromatic rings. The van der Waals surface area contributed by atoms with Crippen molar-refractivity contribution in [2.45, 2.75) is 24.4 Å². The number of nitrogens with zero attached hydrogens (tertiary/aromatic N) is 1. The van der Waals surface area contributed by atoms with E-state index in [4.69, 9.17) is 9.57 Å². The molecule has 2 aromatic carbocycles. The van der Waals surface area contributed by atoms with E-state index < -0.39 is 23.0 Å². The number of aliphatic carboxylic acids is 2. The number of benzene rings is 2. The molecule has 0 amide bonds. The van der Waals surface area contributed by atoms with Crippen molar-refractivity contribution in [3.05, 3.63) is 54.1 Å². The number of hydroxylamine groups is 1. The number of anilines is 2. The number of fused-ring (bicyclic) bond motifs is 1. The summed E-state index contributed by atoms with van der Waals surface area (Å²) in [5.41, 5.74) is -2.03. The maximum atomic E-state index is 12.6. The van der Waals surface area contributed by atoms with Gasteiger partial charge in [-0.1, -0.05) is 24.3 Å². The highest BCUT2D eigenvalue weighted by Crippen LogP contribution is 2.48. The third kappa shape index (κ3) is 2.91. The minimum atomic E-state index is -1.69. The first kappa shape index (κ1) is 19.5. The van der Waals surface area contributed by atoms with Crippen LogP contribution in [-0.2, 0) is 20.0 Å². The highest BCUT2D eigenvalue weighted by atomic mass is 16.7. The van der Waals surface area contributed by atoms with Crippen LogP contribution >= 0.6 is 0 Å². The molecule has 3 rings (SSSR count). The van der Waals surface area contributed by atoms with Crippen LogP contribution in [0.1, 0.15) is 18.9 Å². The lowest BCUT2D eigenvalue weighted by Gasteiger charge is -2.49. The van der Waals surface area contributed by atoms with Crippen molar-refractivity contribution in [3.8, 4) is 5.75 Å². The number of ether oxygens (including phenoxy) is 1. The summed E-state index contributed by atoms with van der Waals surface area (Å²) in [6.07, 6.45) is -0.271. The molecule has 1 aliphatic heterocycles. The predicted molar refractivity (Wildman–Crippen MR) is 103 cm³/mol. The Hall–Kier alpha value is -3.26. The maximum Gasteiger partial charge on any atom is 0.334 e. The Labute approximate surface area is 162 Å². The van der Waals surface area contributed by atoms with Gasteiger partial charge < -0.3 is 20.3 Å². The molecule has 0 fully saturated rings. The third-order valence-electron chi connectivity index (χ3n) is 5.08. The third-order valence-corrected chi connectivity index (χ3v) is 5.08. The Morgan fingerprint density at radius 2 is 1.79 bits per heavy atom. The average molecular weight is 386 g/mol. The first-order chi connectivity index (χ1) is 13.3. The second-order valence-electron chi connectivity index (χ2n) is 6.82. The van der Waals surface area contributed by atoms with E-state index in [9.17, 15) is 19.8 Å². The van der Waals surface area contributed by atoms with Gasteiger partial charge in [-0.2, -0.15) is 0 Å². The van der Waals surface area contributed by atoms with Gasteiger partial charge in [-0.25, -0.2) is 14.7 Å². The molecule has 0 spiro atoms. The maximum absolute atomic E-state index is 12.6. The van der Waals surface area contributed by atoms with E-state index in [0.29, 0.717) is 22.7 Å². The summed E-state index contributed by atoms with van der Waals surface area (Å²) in [4.78, 5) is 30.1. The number of hydrogen-bond acceptors (Lipinski definition) is 6. The van der Waals surface area contributed by atoms with E-state index in [0.717, 1.165) is 0 Å².